The van der Waals surface area contributed by atoms with Crippen LogP contribution >= 0.6 is 0 Å². The Bertz CT molecular complexity index is 1100. The number of hydrogen-bond donors (Lipinski definition) is 1. The van der Waals surface area contributed by atoms with Gasteiger partial charge in [0.05, 0.1) is 0 Å². The van der Waals surface area contributed by atoms with Crippen molar-refractivity contribution >= 4 is 17.5 Å². The maximum absolute atomic E-state index is 13.4. The number of rotatable bonds is 2. The number of para-hydroxylation sites is 1. The Kier molecular flexibility index (Phi) is 3.46. The van der Waals surface area contributed by atoms with Crippen LogP contribution in [0, 0.1) is 0 Å². The van der Waals surface area contributed by atoms with Crippen LogP contribution in [0.1, 0.15) is 34.3 Å². The van der Waals surface area contributed by atoms with Crippen molar-refractivity contribution in [2.45, 2.75) is 17.9 Å². The third kappa shape index (κ3) is 2.05. The summed E-state index contributed by atoms with van der Waals surface area (Å²) in [5, 5.41) is 7.14. The van der Waals surface area contributed by atoms with Gasteiger partial charge >= 0.3 is 0 Å². The van der Waals surface area contributed by atoms with Gasteiger partial charge in [-0.15, -0.1) is 0 Å². The average molecular weight is 376 g/mol. The van der Waals surface area contributed by atoms with Gasteiger partial charge in [-0.1, -0.05) is 18.2 Å². The number of anilines is 1. The van der Waals surface area contributed by atoms with Crippen LogP contribution in [0.4, 0.5) is 5.69 Å². The molecule has 2 aliphatic rings. The van der Waals surface area contributed by atoms with Gasteiger partial charge in [0.15, 0.2) is 0 Å². The number of benzene rings is 1. The van der Waals surface area contributed by atoms with E-state index in [9.17, 15) is 9.59 Å². The number of aryl methyl sites for hydroxylation is 2. The minimum Gasteiger partial charge on any atom is -0.336 e. The second kappa shape index (κ2) is 5.79. The molecule has 5 rings (SSSR count). The van der Waals surface area contributed by atoms with Gasteiger partial charge in [-0.2, -0.15) is 5.10 Å². The van der Waals surface area contributed by atoms with Gasteiger partial charge in [0.1, 0.15) is 23.0 Å². The van der Waals surface area contributed by atoms with Crippen molar-refractivity contribution in [1.29, 1.82) is 0 Å². The smallest absolute Gasteiger partial charge is 0.272 e. The first-order valence-corrected chi connectivity index (χ1v) is 9.21. The molecule has 0 aliphatic carbocycles. The number of carbonyl (C=O) groups excluding carboxylic acids is 2. The Morgan fingerprint density at radius 2 is 2.04 bits per heavy atom. The molecule has 1 aromatic carbocycles. The molecule has 4 heterocycles. The van der Waals surface area contributed by atoms with Crippen LogP contribution < -0.4 is 5.32 Å². The van der Waals surface area contributed by atoms with Crippen LogP contribution in [0.25, 0.3) is 0 Å². The number of hydrogen-bond acceptors (Lipinski definition) is 4. The fourth-order valence-corrected chi connectivity index (χ4v) is 4.64. The highest BCUT2D eigenvalue weighted by atomic mass is 16.2. The Morgan fingerprint density at radius 3 is 2.75 bits per heavy atom. The van der Waals surface area contributed by atoms with E-state index in [1.807, 2.05) is 42.1 Å². The van der Waals surface area contributed by atoms with Crippen molar-refractivity contribution in [3.63, 3.8) is 0 Å². The molecule has 28 heavy (non-hydrogen) atoms. The van der Waals surface area contributed by atoms with Gasteiger partial charge in [0, 0.05) is 44.9 Å². The van der Waals surface area contributed by atoms with E-state index in [1.54, 1.807) is 35.1 Å². The number of imidazole rings is 1. The molecule has 2 aliphatic heterocycles. The summed E-state index contributed by atoms with van der Waals surface area (Å²) in [6.45, 7) is 0.462. The van der Waals surface area contributed by atoms with Crippen molar-refractivity contribution in [3.8, 4) is 0 Å². The predicted molar refractivity (Wildman–Crippen MR) is 102 cm³/mol. The van der Waals surface area contributed by atoms with E-state index in [1.165, 1.54) is 0 Å². The van der Waals surface area contributed by atoms with Crippen molar-refractivity contribution < 1.29 is 9.59 Å². The van der Waals surface area contributed by atoms with Gasteiger partial charge in [-0.25, -0.2) is 4.98 Å². The Hall–Kier alpha value is -3.42. The van der Waals surface area contributed by atoms with Crippen LogP contribution in [0.3, 0.4) is 0 Å². The molecule has 0 unspecified atom stereocenters. The van der Waals surface area contributed by atoms with Gasteiger partial charge in [-0.3, -0.25) is 14.3 Å². The molecule has 8 heteroatoms. The van der Waals surface area contributed by atoms with E-state index < -0.39 is 11.5 Å². The van der Waals surface area contributed by atoms with Gasteiger partial charge in [0.2, 0.25) is 5.91 Å². The standard InChI is InChI=1S/C20H20N6O2/c1-24-12-10-21-17(24)16-20(13-5-3-4-6-14(13)23-19(20)28)8-11-26(16)18(27)15-7-9-22-25(15)2/h3-7,9-10,12,16H,8,11H2,1-2H3,(H,23,28)/t16-,20+/m0/s1. The van der Waals surface area contributed by atoms with E-state index in [2.05, 4.69) is 15.4 Å². The third-order valence-corrected chi connectivity index (χ3v) is 5.99. The summed E-state index contributed by atoms with van der Waals surface area (Å²) in [4.78, 5) is 33.0. The minimum atomic E-state index is -0.857. The Morgan fingerprint density at radius 1 is 1.21 bits per heavy atom. The number of fused-ring (bicyclic) bond motifs is 2. The van der Waals surface area contributed by atoms with Crippen LogP contribution in [-0.2, 0) is 24.3 Å². The molecule has 2 atom stereocenters. The quantitative estimate of drug-likeness (QED) is 0.737. The minimum absolute atomic E-state index is 0.0815. The zero-order chi connectivity index (χ0) is 19.5. The van der Waals surface area contributed by atoms with E-state index in [0.717, 1.165) is 11.3 Å². The summed E-state index contributed by atoms with van der Waals surface area (Å²) in [6, 6.07) is 8.91. The average Bonchev–Trinajstić information content (AvgIpc) is 3.43. The normalized spacial score (nSPS) is 23.3. The number of likely N-dealkylation sites (tertiary alicyclic amines) is 1. The van der Waals surface area contributed by atoms with Crippen molar-refractivity contribution in [2.24, 2.45) is 14.1 Å². The van der Waals surface area contributed by atoms with Gasteiger partial charge in [-0.05, 0) is 24.1 Å². The molecule has 8 nitrogen and oxygen atoms in total. The van der Waals surface area contributed by atoms with Crippen LogP contribution in [0.5, 0.6) is 0 Å². The molecule has 1 spiro atoms. The number of nitrogens with one attached hydrogen (secondary N) is 1. The maximum Gasteiger partial charge on any atom is 0.272 e. The highest BCUT2D eigenvalue weighted by Gasteiger charge is 2.60. The molecule has 0 radical (unpaired) electrons. The molecular formula is C20H20N6O2. The fourth-order valence-electron chi connectivity index (χ4n) is 4.64. The Labute approximate surface area is 161 Å². The lowest BCUT2D eigenvalue weighted by molar-refractivity contribution is -0.121. The summed E-state index contributed by atoms with van der Waals surface area (Å²) in [7, 11) is 3.63. The highest BCUT2D eigenvalue weighted by Crippen LogP contribution is 2.54. The lowest BCUT2D eigenvalue weighted by Crippen LogP contribution is -2.44. The van der Waals surface area contributed by atoms with E-state index in [4.69, 9.17) is 0 Å². The molecule has 1 fully saturated rings. The SMILES string of the molecule is Cn1ccnc1[C@@H]1N(C(=O)c2ccnn2C)CC[C@]12C(=O)Nc1ccccc12. The summed E-state index contributed by atoms with van der Waals surface area (Å²) < 4.78 is 3.45. The summed E-state index contributed by atoms with van der Waals surface area (Å²) in [6.07, 6.45) is 5.68. The summed E-state index contributed by atoms with van der Waals surface area (Å²) in [5.74, 6) is 0.462. The molecule has 2 amide bonds. The van der Waals surface area contributed by atoms with Crippen molar-refractivity contribution in [3.05, 3.63) is 66.0 Å². The van der Waals surface area contributed by atoms with E-state index in [0.29, 0.717) is 24.5 Å². The fraction of sp³-hybridized carbons (Fsp3) is 0.300. The van der Waals surface area contributed by atoms with E-state index in [-0.39, 0.29) is 11.8 Å². The second-order valence-corrected chi connectivity index (χ2v) is 7.36. The highest BCUT2D eigenvalue weighted by molar-refractivity contribution is 6.08. The zero-order valence-electron chi connectivity index (χ0n) is 15.7. The van der Waals surface area contributed by atoms with Gasteiger partial charge in [0.25, 0.3) is 5.91 Å². The predicted octanol–water partition coefficient (Wildman–Crippen LogP) is 1.63. The Balaban J connectivity index is 1.70. The molecule has 1 saturated heterocycles. The number of carbonyl (C=O) groups is 2. The molecule has 0 saturated carbocycles. The molecule has 3 aromatic rings. The number of nitrogens with zero attached hydrogens (tertiary/aromatic N) is 5. The topological polar surface area (TPSA) is 85.1 Å². The summed E-state index contributed by atoms with van der Waals surface area (Å²) >= 11 is 0. The largest absolute Gasteiger partial charge is 0.336 e. The zero-order valence-corrected chi connectivity index (χ0v) is 15.7. The van der Waals surface area contributed by atoms with Crippen LogP contribution in [0.2, 0.25) is 0 Å². The monoisotopic (exact) mass is 376 g/mol. The lowest BCUT2D eigenvalue weighted by atomic mass is 9.74. The van der Waals surface area contributed by atoms with Crippen LogP contribution in [0.15, 0.2) is 48.9 Å². The van der Waals surface area contributed by atoms with Gasteiger partial charge < -0.3 is 14.8 Å². The van der Waals surface area contributed by atoms with E-state index >= 15 is 0 Å². The van der Waals surface area contributed by atoms with Crippen molar-refractivity contribution in [2.75, 3.05) is 11.9 Å². The molecule has 142 valence electrons. The molecule has 1 N–H and O–H groups in total. The van der Waals surface area contributed by atoms with Crippen LogP contribution in [-0.4, -0.2) is 42.6 Å². The summed E-state index contributed by atoms with van der Waals surface area (Å²) in [5.41, 5.74) is 1.36. The molecule has 2 aromatic heterocycles. The molecular weight excluding hydrogens is 356 g/mol. The first-order chi connectivity index (χ1) is 13.5. The number of aromatic nitrogens is 4. The third-order valence-electron chi connectivity index (χ3n) is 5.99. The number of amides is 2. The lowest BCUT2D eigenvalue weighted by Gasteiger charge is -2.33. The first-order valence-electron chi connectivity index (χ1n) is 9.21. The second-order valence-electron chi connectivity index (χ2n) is 7.36. The molecule has 0 bridgehead atoms. The first kappa shape index (κ1) is 16.7. The van der Waals surface area contributed by atoms with Crippen molar-refractivity contribution in [1.82, 2.24) is 24.2 Å². The maximum atomic E-state index is 13.4.